The van der Waals surface area contributed by atoms with Gasteiger partial charge in [-0.3, -0.25) is 19.2 Å². The van der Waals surface area contributed by atoms with Crippen molar-refractivity contribution in [1.82, 2.24) is 0 Å². The van der Waals surface area contributed by atoms with Crippen LogP contribution in [0.2, 0.25) is 0 Å². The van der Waals surface area contributed by atoms with Crippen molar-refractivity contribution in [3.63, 3.8) is 0 Å². The van der Waals surface area contributed by atoms with Gasteiger partial charge in [-0.25, -0.2) is 0 Å². The highest BCUT2D eigenvalue weighted by Crippen LogP contribution is 2.43. The van der Waals surface area contributed by atoms with Gasteiger partial charge < -0.3 is 0 Å². The molecule has 0 aromatic heterocycles. The van der Waals surface area contributed by atoms with Crippen molar-refractivity contribution >= 4 is 50.3 Å². The Morgan fingerprint density at radius 3 is 1.62 bits per heavy atom. The molecule has 0 bridgehead atoms. The summed E-state index contributed by atoms with van der Waals surface area (Å²) in [6.07, 6.45) is 2.73. The summed E-state index contributed by atoms with van der Waals surface area (Å²) in [5, 5.41) is 0. The SMILES string of the molecule is O=C1C=C(SSc2ccccc2C2=CC(=O)c3ccccc3C2=O)C(=O)c2ccccc21. The molecule has 154 valence electrons. The van der Waals surface area contributed by atoms with Gasteiger partial charge in [-0.05, 0) is 22.9 Å². The standard InChI is InChI=1S/C26H14O4S2/c27-21-13-20(25(29)18-10-3-1-7-15(18)21)17-9-5-6-12-23(17)31-32-24-14-22(28)16-8-2-4-11-19(16)26(24)30/h1-14H. The van der Waals surface area contributed by atoms with E-state index in [0.29, 0.717) is 38.3 Å². The van der Waals surface area contributed by atoms with Crippen molar-refractivity contribution in [3.8, 4) is 0 Å². The van der Waals surface area contributed by atoms with E-state index in [1.165, 1.54) is 33.7 Å². The molecule has 4 nitrogen and oxygen atoms in total. The van der Waals surface area contributed by atoms with E-state index in [1.807, 2.05) is 12.1 Å². The van der Waals surface area contributed by atoms with Crippen LogP contribution in [0.4, 0.5) is 0 Å². The molecule has 2 aliphatic carbocycles. The molecule has 0 saturated heterocycles. The van der Waals surface area contributed by atoms with Gasteiger partial charge in [0.05, 0.1) is 4.91 Å². The maximum Gasteiger partial charge on any atom is 0.201 e. The van der Waals surface area contributed by atoms with Crippen LogP contribution in [0.5, 0.6) is 0 Å². The summed E-state index contributed by atoms with van der Waals surface area (Å²) in [4.78, 5) is 52.0. The maximum absolute atomic E-state index is 13.1. The van der Waals surface area contributed by atoms with E-state index in [1.54, 1.807) is 60.7 Å². The van der Waals surface area contributed by atoms with Crippen molar-refractivity contribution in [3.05, 3.63) is 118 Å². The summed E-state index contributed by atoms with van der Waals surface area (Å²) >= 11 is 0. The van der Waals surface area contributed by atoms with Crippen LogP contribution >= 0.6 is 21.6 Å². The fourth-order valence-corrected chi connectivity index (χ4v) is 5.99. The average molecular weight is 455 g/mol. The smallest absolute Gasteiger partial charge is 0.201 e. The van der Waals surface area contributed by atoms with Crippen molar-refractivity contribution in [1.29, 1.82) is 0 Å². The molecule has 0 saturated carbocycles. The Labute approximate surface area is 191 Å². The fourth-order valence-electron chi connectivity index (χ4n) is 3.72. The molecule has 0 fully saturated rings. The Kier molecular flexibility index (Phi) is 5.25. The second kappa shape index (κ2) is 8.22. The third kappa shape index (κ3) is 3.47. The van der Waals surface area contributed by atoms with Crippen molar-refractivity contribution in [2.75, 3.05) is 0 Å². The normalized spacial score (nSPS) is 15.1. The summed E-state index contributed by atoms with van der Waals surface area (Å²) in [5.74, 6) is -0.832. The van der Waals surface area contributed by atoms with Gasteiger partial charge in [0.2, 0.25) is 5.78 Å². The number of ketones is 4. The third-order valence-corrected chi connectivity index (χ3v) is 7.71. The average Bonchev–Trinajstić information content (AvgIpc) is 2.83. The predicted octanol–water partition coefficient (Wildman–Crippen LogP) is 5.85. The summed E-state index contributed by atoms with van der Waals surface area (Å²) < 4.78 is 0. The molecule has 3 aromatic carbocycles. The van der Waals surface area contributed by atoms with Gasteiger partial charge in [0.1, 0.15) is 0 Å². The van der Waals surface area contributed by atoms with Gasteiger partial charge in [-0.2, -0.15) is 0 Å². The second-order valence-corrected chi connectivity index (χ2v) is 9.42. The number of carbonyl (C=O) groups is 4. The summed E-state index contributed by atoms with van der Waals surface area (Å²) in [5.41, 5.74) is 2.52. The Balaban J connectivity index is 1.45. The van der Waals surface area contributed by atoms with E-state index >= 15 is 0 Å². The van der Waals surface area contributed by atoms with E-state index < -0.39 is 0 Å². The molecule has 0 amide bonds. The molecule has 5 rings (SSSR count). The van der Waals surface area contributed by atoms with Crippen LogP contribution in [0, 0.1) is 0 Å². The van der Waals surface area contributed by atoms with Crippen LogP contribution in [0.15, 0.2) is 94.7 Å². The first-order valence-corrected chi connectivity index (χ1v) is 11.9. The molecule has 0 heterocycles. The molecule has 0 unspecified atom stereocenters. The lowest BCUT2D eigenvalue weighted by atomic mass is 9.86. The molecule has 0 radical (unpaired) electrons. The number of benzene rings is 3. The highest BCUT2D eigenvalue weighted by atomic mass is 33.1. The van der Waals surface area contributed by atoms with Gasteiger partial charge in [0.25, 0.3) is 0 Å². The predicted molar refractivity (Wildman–Crippen MR) is 126 cm³/mol. The van der Waals surface area contributed by atoms with Crippen molar-refractivity contribution < 1.29 is 19.2 Å². The molecule has 0 aliphatic heterocycles. The van der Waals surface area contributed by atoms with E-state index in [4.69, 9.17) is 0 Å². The highest BCUT2D eigenvalue weighted by Gasteiger charge is 2.29. The number of Topliss-reactive ketones (excluding diaryl/α,β-unsaturated/α-hetero) is 2. The molecule has 3 aromatic rings. The Morgan fingerprint density at radius 2 is 0.969 bits per heavy atom. The molecule has 0 N–H and O–H groups in total. The van der Waals surface area contributed by atoms with Crippen molar-refractivity contribution in [2.45, 2.75) is 4.90 Å². The lowest BCUT2D eigenvalue weighted by Gasteiger charge is -2.18. The van der Waals surface area contributed by atoms with Crippen LogP contribution in [0.3, 0.4) is 0 Å². The number of carbonyl (C=O) groups excluding carboxylic acids is 4. The van der Waals surface area contributed by atoms with E-state index in [2.05, 4.69) is 0 Å². The van der Waals surface area contributed by atoms with Gasteiger partial charge in [-0.1, -0.05) is 77.5 Å². The highest BCUT2D eigenvalue weighted by molar-refractivity contribution is 8.78. The minimum Gasteiger partial charge on any atom is -0.289 e. The molecular formula is C26H14O4S2. The zero-order valence-corrected chi connectivity index (χ0v) is 18.2. The van der Waals surface area contributed by atoms with Gasteiger partial charge in [0.15, 0.2) is 17.3 Å². The number of hydrogen-bond donors (Lipinski definition) is 0. The Hall–Kier alpha value is -3.48. The topological polar surface area (TPSA) is 68.3 Å². The van der Waals surface area contributed by atoms with Gasteiger partial charge in [0, 0.05) is 44.4 Å². The summed E-state index contributed by atoms with van der Waals surface area (Å²) in [6.45, 7) is 0. The minimum absolute atomic E-state index is 0.202. The first-order valence-electron chi connectivity index (χ1n) is 9.78. The zero-order chi connectivity index (χ0) is 22.2. The fraction of sp³-hybridized carbons (Fsp3) is 0. The van der Waals surface area contributed by atoms with E-state index in [0.717, 1.165) is 4.90 Å². The maximum atomic E-state index is 13.1. The lowest BCUT2D eigenvalue weighted by Crippen LogP contribution is -2.16. The molecular weight excluding hydrogens is 440 g/mol. The van der Waals surface area contributed by atoms with Crippen LogP contribution in [-0.2, 0) is 0 Å². The quantitative estimate of drug-likeness (QED) is 0.461. The number of allylic oxidation sites excluding steroid dienone is 4. The monoisotopic (exact) mass is 454 g/mol. The summed E-state index contributed by atoms with van der Waals surface area (Å²) in [7, 11) is 2.46. The third-order valence-electron chi connectivity index (χ3n) is 5.28. The number of rotatable bonds is 4. The van der Waals surface area contributed by atoms with E-state index in [9.17, 15) is 19.2 Å². The zero-order valence-electron chi connectivity index (χ0n) is 16.5. The van der Waals surface area contributed by atoms with Crippen LogP contribution in [0.25, 0.3) is 5.57 Å². The summed E-state index contributed by atoms with van der Waals surface area (Å²) in [6, 6.07) is 20.8. The minimum atomic E-state index is -0.213. The van der Waals surface area contributed by atoms with Gasteiger partial charge in [-0.15, -0.1) is 0 Å². The lowest BCUT2D eigenvalue weighted by molar-refractivity contribution is 0.0991. The molecule has 0 atom stereocenters. The first kappa shape index (κ1) is 20.4. The van der Waals surface area contributed by atoms with E-state index in [-0.39, 0.29) is 23.1 Å². The second-order valence-electron chi connectivity index (χ2n) is 7.21. The van der Waals surface area contributed by atoms with Crippen molar-refractivity contribution in [2.24, 2.45) is 0 Å². The first-order chi connectivity index (χ1) is 15.5. The van der Waals surface area contributed by atoms with Crippen LogP contribution in [0.1, 0.15) is 47.0 Å². The Bertz CT molecular complexity index is 1400. The molecule has 6 heteroatoms. The molecule has 2 aliphatic rings. The molecule has 32 heavy (non-hydrogen) atoms. The molecule has 0 spiro atoms. The van der Waals surface area contributed by atoms with Gasteiger partial charge >= 0.3 is 0 Å². The Morgan fingerprint density at radius 1 is 0.469 bits per heavy atom. The number of fused-ring (bicyclic) bond motifs is 2. The largest absolute Gasteiger partial charge is 0.289 e. The van der Waals surface area contributed by atoms with Crippen LogP contribution in [-0.4, -0.2) is 23.1 Å². The van der Waals surface area contributed by atoms with Crippen LogP contribution < -0.4 is 0 Å². The number of hydrogen-bond acceptors (Lipinski definition) is 6.